The minimum atomic E-state index is 0.0301. The molecule has 3 rings (SSSR count). The van der Waals surface area contributed by atoms with Gasteiger partial charge in [0, 0.05) is 17.1 Å². The number of carbonyl (C=O) groups is 1. The van der Waals surface area contributed by atoms with Gasteiger partial charge in [0.1, 0.15) is 5.82 Å². The van der Waals surface area contributed by atoms with Crippen LogP contribution >= 0.6 is 11.6 Å². The molecule has 2 aromatic carbocycles. The number of nitrogens with zero attached hydrogens (tertiary/aromatic N) is 2. The molecule has 0 spiro atoms. The van der Waals surface area contributed by atoms with Gasteiger partial charge in [-0.3, -0.25) is 4.79 Å². The molecule has 0 saturated carbocycles. The molecule has 4 heteroatoms. The zero-order valence-corrected chi connectivity index (χ0v) is 12.5. The summed E-state index contributed by atoms with van der Waals surface area (Å²) in [7, 11) is 0. The highest BCUT2D eigenvalue weighted by molar-refractivity contribution is 6.31. The van der Waals surface area contributed by atoms with E-state index in [4.69, 9.17) is 11.6 Å². The van der Waals surface area contributed by atoms with E-state index in [1.807, 2.05) is 24.3 Å². The Morgan fingerprint density at radius 2 is 2.00 bits per heavy atom. The van der Waals surface area contributed by atoms with Crippen LogP contribution < -0.4 is 0 Å². The Balaban J connectivity index is 1.96. The van der Waals surface area contributed by atoms with Crippen LogP contribution in [0.1, 0.15) is 23.1 Å². The van der Waals surface area contributed by atoms with Gasteiger partial charge in [0.15, 0.2) is 5.78 Å². The fourth-order valence-corrected chi connectivity index (χ4v) is 2.71. The number of imidazole rings is 1. The van der Waals surface area contributed by atoms with E-state index in [0.29, 0.717) is 10.6 Å². The zero-order chi connectivity index (χ0) is 14.8. The van der Waals surface area contributed by atoms with Gasteiger partial charge in [-0.15, -0.1) is 0 Å². The maximum absolute atomic E-state index is 12.4. The Labute approximate surface area is 128 Å². The molecule has 0 unspecified atom stereocenters. The van der Waals surface area contributed by atoms with Gasteiger partial charge in [0.2, 0.25) is 0 Å². The number of aromatic nitrogens is 2. The molecule has 0 aliphatic carbocycles. The highest BCUT2D eigenvalue weighted by Crippen LogP contribution is 2.18. The lowest BCUT2D eigenvalue weighted by Gasteiger charge is -2.06. The first kappa shape index (κ1) is 13.8. The van der Waals surface area contributed by atoms with Gasteiger partial charge in [0.05, 0.1) is 17.5 Å². The minimum Gasteiger partial charge on any atom is -0.328 e. The zero-order valence-electron chi connectivity index (χ0n) is 11.7. The molecular weight excluding hydrogens is 284 g/mol. The fourth-order valence-electron chi connectivity index (χ4n) is 2.52. The molecule has 0 N–H and O–H groups in total. The molecule has 0 aliphatic rings. The third kappa shape index (κ3) is 2.69. The lowest BCUT2D eigenvalue weighted by molar-refractivity contribution is 0.0990. The number of rotatable bonds is 4. The topological polar surface area (TPSA) is 34.9 Å². The van der Waals surface area contributed by atoms with Gasteiger partial charge in [-0.05, 0) is 31.2 Å². The first-order valence-electron chi connectivity index (χ1n) is 6.92. The summed E-state index contributed by atoms with van der Waals surface area (Å²) in [6, 6.07) is 15.0. The number of benzene rings is 2. The molecule has 0 atom stereocenters. The maximum atomic E-state index is 12.4. The van der Waals surface area contributed by atoms with Gasteiger partial charge in [0.25, 0.3) is 0 Å². The molecule has 3 aromatic rings. The minimum absolute atomic E-state index is 0.0301. The Morgan fingerprint density at radius 3 is 2.76 bits per heavy atom. The van der Waals surface area contributed by atoms with Crippen molar-refractivity contribution >= 4 is 28.4 Å². The molecule has 3 nitrogen and oxygen atoms in total. The third-order valence-corrected chi connectivity index (χ3v) is 3.75. The molecule has 21 heavy (non-hydrogen) atoms. The van der Waals surface area contributed by atoms with Crippen LogP contribution in [0, 0.1) is 0 Å². The van der Waals surface area contributed by atoms with E-state index in [0.717, 1.165) is 23.4 Å². The van der Waals surface area contributed by atoms with Crippen LogP contribution in [0.3, 0.4) is 0 Å². The number of fused-ring (bicyclic) bond motifs is 1. The second-order valence-corrected chi connectivity index (χ2v) is 5.31. The van der Waals surface area contributed by atoms with Crippen LogP contribution in [-0.2, 0) is 13.0 Å². The molecule has 0 bridgehead atoms. The molecule has 0 fully saturated rings. The van der Waals surface area contributed by atoms with E-state index in [2.05, 4.69) is 16.5 Å². The number of hydrogen-bond donors (Lipinski definition) is 0. The van der Waals surface area contributed by atoms with Gasteiger partial charge in [-0.1, -0.05) is 35.9 Å². The standard InChI is InChI=1S/C17H15ClN2O/c1-2-20-15-9-4-3-8-14(15)19-17(20)11-16(21)12-6-5-7-13(18)10-12/h3-10H,2,11H2,1H3. The number of ketones is 1. The molecule has 0 aliphatic heterocycles. The quantitative estimate of drug-likeness (QED) is 0.679. The second kappa shape index (κ2) is 5.70. The van der Waals surface area contributed by atoms with Crippen molar-refractivity contribution in [2.24, 2.45) is 0 Å². The third-order valence-electron chi connectivity index (χ3n) is 3.52. The summed E-state index contributed by atoms with van der Waals surface area (Å²) in [5, 5.41) is 0.574. The largest absolute Gasteiger partial charge is 0.328 e. The fraction of sp³-hybridized carbons (Fsp3) is 0.176. The Morgan fingerprint density at radius 1 is 1.19 bits per heavy atom. The van der Waals surface area contributed by atoms with E-state index < -0.39 is 0 Å². The van der Waals surface area contributed by atoms with E-state index >= 15 is 0 Å². The van der Waals surface area contributed by atoms with Crippen LogP contribution in [0.2, 0.25) is 5.02 Å². The van der Waals surface area contributed by atoms with Crippen molar-refractivity contribution in [2.45, 2.75) is 19.9 Å². The molecule has 0 radical (unpaired) electrons. The first-order chi connectivity index (χ1) is 10.2. The van der Waals surface area contributed by atoms with Gasteiger partial charge >= 0.3 is 0 Å². The van der Waals surface area contributed by atoms with Crippen molar-refractivity contribution in [3.63, 3.8) is 0 Å². The highest BCUT2D eigenvalue weighted by Gasteiger charge is 2.14. The summed E-state index contributed by atoms with van der Waals surface area (Å²) in [5.41, 5.74) is 2.61. The average Bonchev–Trinajstić information content (AvgIpc) is 2.84. The number of aryl methyl sites for hydroxylation is 1. The number of halogens is 1. The van der Waals surface area contributed by atoms with Crippen molar-refractivity contribution in [3.05, 3.63) is 64.9 Å². The Hall–Kier alpha value is -2.13. The van der Waals surface area contributed by atoms with Crippen LogP contribution in [-0.4, -0.2) is 15.3 Å². The normalized spacial score (nSPS) is 11.0. The van der Waals surface area contributed by atoms with Crippen LogP contribution in [0.4, 0.5) is 0 Å². The summed E-state index contributed by atoms with van der Waals surface area (Å²) >= 11 is 5.94. The monoisotopic (exact) mass is 298 g/mol. The molecular formula is C17H15ClN2O. The predicted octanol–water partition coefficient (Wildman–Crippen LogP) is 4.14. The highest BCUT2D eigenvalue weighted by atomic mass is 35.5. The van der Waals surface area contributed by atoms with E-state index in [9.17, 15) is 4.79 Å². The van der Waals surface area contributed by atoms with Crippen molar-refractivity contribution in [3.8, 4) is 0 Å². The van der Waals surface area contributed by atoms with Crippen molar-refractivity contribution in [1.29, 1.82) is 0 Å². The van der Waals surface area contributed by atoms with Crippen molar-refractivity contribution in [1.82, 2.24) is 9.55 Å². The summed E-state index contributed by atoms with van der Waals surface area (Å²) in [4.78, 5) is 17.0. The molecule has 1 heterocycles. The summed E-state index contributed by atoms with van der Waals surface area (Å²) in [5.74, 6) is 0.825. The Kier molecular flexibility index (Phi) is 3.76. The van der Waals surface area contributed by atoms with Crippen LogP contribution in [0.5, 0.6) is 0 Å². The summed E-state index contributed by atoms with van der Waals surface area (Å²) in [6.45, 7) is 2.85. The second-order valence-electron chi connectivity index (χ2n) is 4.87. The molecule has 1 aromatic heterocycles. The average molecular weight is 299 g/mol. The summed E-state index contributed by atoms with van der Waals surface area (Å²) in [6.07, 6.45) is 0.281. The molecule has 0 saturated heterocycles. The predicted molar refractivity (Wildman–Crippen MR) is 84.9 cm³/mol. The molecule has 106 valence electrons. The lowest BCUT2D eigenvalue weighted by atomic mass is 10.1. The van der Waals surface area contributed by atoms with Crippen molar-refractivity contribution < 1.29 is 4.79 Å². The smallest absolute Gasteiger partial charge is 0.170 e. The SMILES string of the molecule is CCn1c(CC(=O)c2cccc(Cl)c2)nc2ccccc21. The van der Waals surface area contributed by atoms with E-state index in [1.165, 1.54) is 0 Å². The number of carbonyl (C=O) groups excluding carboxylic acids is 1. The van der Waals surface area contributed by atoms with Gasteiger partial charge in [-0.25, -0.2) is 4.98 Å². The number of para-hydroxylation sites is 2. The van der Waals surface area contributed by atoms with Gasteiger partial charge < -0.3 is 4.57 Å². The maximum Gasteiger partial charge on any atom is 0.170 e. The van der Waals surface area contributed by atoms with E-state index in [1.54, 1.807) is 24.3 Å². The Bertz CT molecular complexity index is 807. The summed E-state index contributed by atoms with van der Waals surface area (Å²) < 4.78 is 2.08. The van der Waals surface area contributed by atoms with Crippen molar-refractivity contribution in [2.75, 3.05) is 0 Å². The van der Waals surface area contributed by atoms with Gasteiger partial charge in [-0.2, -0.15) is 0 Å². The number of Topliss-reactive ketones (excluding diaryl/α,β-unsaturated/α-hetero) is 1. The first-order valence-corrected chi connectivity index (χ1v) is 7.29. The molecule has 0 amide bonds. The van der Waals surface area contributed by atoms with Crippen LogP contribution in [0.15, 0.2) is 48.5 Å². The number of hydrogen-bond acceptors (Lipinski definition) is 2. The lowest BCUT2D eigenvalue weighted by Crippen LogP contribution is -2.09. The van der Waals surface area contributed by atoms with Crippen LogP contribution in [0.25, 0.3) is 11.0 Å². The van der Waals surface area contributed by atoms with E-state index in [-0.39, 0.29) is 12.2 Å².